The number of halogens is 4. The Hall–Kier alpha value is -1.38. The number of hydrogen-bond acceptors (Lipinski definition) is 3. The van der Waals surface area contributed by atoms with E-state index in [4.69, 9.17) is 15.0 Å². The van der Waals surface area contributed by atoms with Gasteiger partial charge in [-0.2, -0.15) is 13.2 Å². The summed E-state index contributed by atoms with van der Waals surface area (Å²) >= 11 is 0. The average molecular weight is 345 g/mol. The lowest BCUT2D eigenvalue weighted by molar-refractivity contribution is -0.140. The maximum absolute atomic E-state index is 14.2. The fraction of sp³-hybridized carbons (Fsp3) is 0.500. The molecule has 8 heteroatoms. The minimum absolute atomic E-state index is 0.0352. The number of rotatable bonds is 3. The second kappa shape index (κ2) is 6.17. The van der Waals surface area contributed by atoms with Crippen molar-refractivity contribution in [3.8, 4) is 0 Å². The molecule has 1 aromatic carbocycles. The first kappa shape index (κ1) is 19.0. The van der Waals surface area contributed by atoms with Gasteiger partial charge in [0.25, 0.3) is 0 Å². The van der Waals surface area contributed by atoms with Crippen molar-refractivity contribution < 1.29 is 26.9 Å². The van der Waals surface area contributed by atoms with Gasteiger partial charge in [0.1, 0.15) is 5.82 Å². The van der Waals surface area contributed by atoms with Gasteiger partial charge in [0.15, 0.2) is 0 Å². The summed E-state index contributed by atoms with van der Waals surface area (Å²) in [5.74, 6) is -1.34. The molecule has 0 saturated carbocycles. The Balaban J connectivity index is 2.40. The minimum atomic E-state index is -4.76. The van der Waals surface area contributed by atoms with Crippen LogP contribution in [0.3, 0.4) is 0 Å². The molecule has 1 heterocycles. The third kappa shape index (κ3) is 3.50. The van der Waals surface area contributed by atoms with Crippen molar-refractivity contribution in [2.75, 3.05) is 6.54 Å². The number of nitrogens with two attached hydrogens (primary N) is 1. The Kier molecular flexibility index (Phi) is 4.87. The SMILES string of the molecule is CC1(C)OB(C(=Cc2cccc(C(F)(F)F)c2F)CN)OC1(C)C. The van der Waals surface area contributed by atoms with Crippen LogP contribution in [0, 0.1) is 5.82 Å². The van der Waals surface area contributed by atoms with Gasteiger partial charge in [-0.1, -0.05) is 18.2 Å². The fourth-order valence-corrected chi connectivity index (χ4v) is 2.30. The lowest BCUT2D eigenvalue weighted by atomic mass is 9.77. The molecule has 2 N–H and O–H groups in total. The first-order valence-corrected chi connectivity index (χ1v) is 7.51. The molecule has 0 amide bonds. The molecule has 0 bridgehead atoms. The summed E-state index contributed by atoms with van der Waals surface area (Å²) in [5, 5.41) is 0. The summed E-state index contributed by atoms with van der Waals surface area (Å²) in [4.78, 5) is 0. The van der Waals surface area contributed by atoms with E-state index in [1.807, 2.05) is 27.7 Å². The van der Waals surface area contributed by atoms with E-state index < -0.39 is 35.9 Å². The van der Waals surface area contributed by atoms with Crippen LogP contribution in [0.15, 0.2) is 23.7 Å². The standard InChI is InChI=1S/C16H20BF4NO2/c1-14(2)15(3,4)24-17(23-14)11(9-22)8-10-6-5-7-12(13(10)18)16(19,20)21/h5-8H,9,22H2,1-4H3. The molecule has 2 rings (SSSR count). The zero-order valence-electron chi connectivity index (χ0n) is 14.0. The highest BCUT2D eigenvalue weighted by atomic mass is 19.4. The molecule has 0 aromatic heterocycles. The molecule has 1 aliphatic heterocycles. The first-order chi connectivity index (χ1) is 10.9. The molecular formula is C16H20BF4NO2. The third-order valence-corrected chi connectivity index (χ3v) is 4.47. The van der Waals surface area contributed by atoms with E-state index in [-0.39, 0.29) is 12.1 Å². The lowest BCUT2D eigenvalue weighted by Crippen LogP contribution is -2.41. The summed E-state index contributed by atoms with van der Waals surface area (Å²) in [5.41, 5.74) is 3.27. The van der Waals surface area contributed by atoms with E-state index in [2.05, 4.69) is 0 Å². The summed E-state index contributed by atoms with van der Waals surface area (Å²) in [6.45, 7) is 7.32. The molecule has 3 nitrogen and oxygen atoms in total. The predicted octanol–water partition coefficient (Wildman–Crippen LogP) is 3.82. The van der Waals surface area contributed by atoms with Crippen LogP contribution >= 0.6 is 0 Å². The largest absolute Gasteiger partial charge is 0.491 e. The van der Waals surface area contributed by atoms with Gasteiger partial charge in [-0.15, -0.1) is 0 Å². The smallest absolute Gasteiger partial charge is 0.400 e. The van der Waals surface area contributed by atoms with Crippen LogP contribution in [0.1, 0.15) is 38.8 Å². The van der Waals surface area contributed by atoms with Crippen LogP contribution in [0.4, 0.5) is 17.6 Å². The van der Waals surface area contributed by atoms with Gasteiger partial charge in [0.2, 0.25) is 0 Å². The second-order valence-electron chi connectivity index (χ2n) is 6.72. The van der Waals surface area contributed by atoms with Gasteiger partial charge in [0.05, 0.1) is 16.8 Å². The van der Waals surface area contributed by atoms with Gasteiger partial charge < -0.3 is 15.0 Å². The highest BCUT2D eigenvalue weighted by molar-refractivity contribution is 6.55. The fourth-order valence-electron chi connectivity index (χ4n) is 2.30. The topological polar surface area (TPSA) is 44.5 Å². The van der Waals surface area contributed by atoms with Crippen LogP contribution in [-0.2, 0) is 15.5 Å². The number of hydrogen-bond donors (Lipinski definition) is 1. The van der Waals surface area contributed by atoms with Crippen molar-refractivity contribution in [1.29, 1.82) is 0 Å². The van der Waals surface area contributed by atoms with Crippen molar-refractivity contribution in [3.63, 3.8) is 0 Å². The molecule has 0 spiro atoms. The van der Waals surface area contributed by atoms with Gasteiger partial charge >= 0.3 is 13.3 Å². The quantitative estimate of drug-likeness (QED) is 0.669. The lowest BCUT2D eigenvalue weighted by Gasteiger charge is -2.32. The van der Waals surface area contributed by atoms with Crippen molar-refractivity contribution >= 4 is 13.2 Å². The van der Waals surface area contributed by atoms with Gasteiger partial charge in [-0.05, 0) is 39.2 Å². The van der Waals surface area contributed by atoms with Crippen molar-refractivity contribution in [2.24, 2.45) is 5.73 Å². The van der Waals surface area contributed by atoms with Gasteiger partial charge in [0, 0.05) is 12.1 Å². The average Bonchev–Trinajstić information content (AvgIpc) is 2.64. The van der Waals surface area contributed by atoms with E-state index in [1.165, 1.54) is 12.1 Å². The normalized spacial score (nSPS) is 20.5. The molecule has 132 valence electrons. The van der Waals surface area contributed by atoms with Crippen molar-refractivity contribution in [1.82, 2.24) is 0 Å². The molecule has 0 aliphatic carbocycles. The van der Waals surface area contributed by atoms with Crippen LogP contribution in [0.2, 0.25) is 0 Å². The van der Waals surface area contributed by atoms with E-state index >= 15 is 0 Å². The molecule has 0 atom stereocenters. The Bertz CT molecular complexity index is 640. The van der Waals surface area contributed by atoms with E-state index in [1.54, 1.807) is 0 Å². The van der Waals surface area contributed by atoms with Crippen LogP contribution in [0.5, 0.6) is 0 Å². The molecule has 0 radical (unpaired) electrons. The van der Waals surface area contributed by atoms with E-state index in [0.717, 1.165) is 6.07 Å². The second-order valence-corrected chi connectivity index (χ2v) is 6.72. The monoisotopic (exact) mass is 345 g/mol. The third-order valence-electron chi connectivity index (χ3n) is 4.47. The van der Waals surface area contributed by atoms with Crippen LogP contribution in [0.25, 0.3) is 6.08 Å². The zero-order chi connectivity index (χ0) is 18.3. The Labute approximate surface area is 139 Å². The van der Waals surface area contributed by atoms with E-state index in [0.29, 0.717) is 11.5 Å². The Morgan fingerprint density at radius 1 is 1.17 bits per heavy atom. The minimum Gasteiger partial charge on any atom is -0.400 e. The number of benzene rings is 1. The first-order valence-electron chi connectivity index (χ1n) is 7.51. The van der Waals surface area contributed by atoms with Crippen molar-refractivity contribution in [2.45, 2.75) is 45.1 Å². The molecule has 1 aliphatic rings. The van der Waals surface area contributed by atoms with Gasteiger partial charge in [-0.3, -0.25) is 0 Å². The Morgan fingerprint density at radius 3 is 2.17 bits per heavy atom. The molecule has 1 saturated heterocycles. The Morgan fingerprint density at radius 2 is 1.71 bits per heavy atom. The van der Waals surface area contributed by atoms with Crippen molar-refractivity contribution in [3.05, 3.63) is 40.6 Å². The molecule has 1 fully saturated rings. The summed E-state index contributed by atoms with van der Waals surface area (Å²) in [7, 11) is -0.839. The molecule has 1 aromatic rings. The van der Waals surface area contributed by atoms with Gasteiger partial charge in [-0.25, -0.2) is 4.39 Å². The molecule has 24 heavy (non-hydrogen) atoms. The zero-order valence-corrected chi connectivity index (χ0v) is 14.0. The van der Waals surface area contributed by atoms with E-state index in [9.17, 15) is 17.6 Å². The maximum Gasteiger partial charge on any atom is 0.491 e. The van der Waals surface area contributed by atoms with Crippen LogP contribution in [-0.4, -0.2) is 24.9 Å². The molecular weight excluding hydrogens is 325 g/mol. The highest BCUT2D eigenvalue weighted by Gasteiger charge is 2.52. The molecule has 0 unspecified atom stereocenters. The predicted molar refractivity (Wildman–Crippen MR) is 84.5 cm³/mol. The number of alkyl halides is 3. The summed E-state index contributed by atoms with van der Waals surface area (Å²) < 4.78 is 64.2. The summed E-state index contributed by atoms with van der Waals surface area (Å²) in [6, 6.07) is 3.10. The highest BCUT2D eigenvalue weighted by Crippen LogP contribution is 2.39. The van der Waals surface area contributed by atoms with Crippen LogP contribution < -0.4 is 5.73 Å². The summed E-state index contributed by atoms with van der Waals surface area (Å²) in [6.07, 6.45) is -3.51. The maximum atomic E-state index is 14.2.